The zero-order chi connectivity index (χ0) is 29.5. The number of benzene rings is 7. The zero-order valence-electron chi connectivity index (χ0n) is 24.3. The minimum atomic E-state index is 0.857. The van der Waals surface area contributed by atoms with Crippen molar-refractivity contribution in [1.82, 2.24) is 9.13 Å². The Bertz CT molecular complexity index is 2430. The van der Waals surface area contributed by atoms with Crippen LogP contribution in [0.25, 0.3) is 77.2 Å². The molecule has 1 aliphatic heterocycles. The summed E-state index contributed by atoms with van der Waals surface area (Å²) in [5.74, 6) is 1.71. The molecule has 0 unspecified atom stereocenters. The number of hydrogen-bond donors (Lipinski definition) is 0. The molecule has 0 N–H and O–H groups in total. The molecule has 0 radical (unpaired) electrons. The first-order valence-corrected chi connectivity index (χ1v) is 15.4. The molecule has 0 saturated carbocycles. The average Bonchev–Trinajstić information content (AvgIpc) is 3.55. The molecule has 0 bridgehead atoms. The third kappa shape index (κ3) is 3.46. The molecule has 0 saturated heterocycles. The van der Waals surface area contributed by atoms with Crippen LogP contribution in [0.2, 0.25) is 0 Å². The van der Waals surface area contributed by atoms with Gasteiger partial charge < -0.3 is 13.9 Å². The van der Waals surface area contributed by atoms with Crippen LogP contribution in [0.1, 0.15) is 0 Å². The van der Waals surface area contributed by atoms with Crippen molar-refractivity contribution in [2.75, 3.05) is 0 Å². The quantitative estimate of drug-likeness (QED) is 0.201. The second kappa shape index (κ2) is 9.22. The van der Waals surface area contributed by atoms with Gasteiger partial charge in [0.25, 0.3) is 0 Å². The van der Waals surface area contributed by atoms with E-state index >= 15 is 0 Å². The first-order valence-electron chi connectivity index (χ1n) is 15.4. The van der Waals surface area contributed by atoms with Crippen molar-refractivity contribution in [3.8, 4) is 45.1 Å². The zero-order valence-corrected chi connectivity index (χ0v) is 24.3. The fourth-order valence-corrected chi connectivity index (χ4v) is 7.36. The largest absolute Gasteiger partial charge is 0.456 e. The Morgan fingerprint density at radius 2 is 0.711 bits per heavy atom. The molecule has 2 aromatic heterocycles. The van der Waals surface area contributed by atoms with Gasteiger partial charge in [0.15, 0.2) is 0 Å². The molecule has 0 amide bonds. The van der Waals surface area contributed by atoms with Crippen LogP contribution in [-0.4, -0.2) is 9.13 Å². The predicted octanol–water partition coefficient (Wildman–Crippen LogP) is 11.3. The Morgan fingerprint density at radius 3 is 1.18 bits per heavy atom. The lowest BCUT2D eigenvalue weighted by Gasteiger charge is -2.13. The van der Waals surface area contributed by atoms with Crippen LogP contribution < -0.4 is 4.74 Å². The molecule has 7 aromatic carbocycles. The molecule has 0 fully saturated rings. The van der Waals surface area contributed by atoms with Gasteiger partial charge in [-0.25, -0.2) is 0 Å². The van der Waals surface area contributed by atoms with Crippen molar-refractivity contribution in [2.45, 2.75) is 0 Å². The fourth-order valence-electron chi connectivity index (χ4n) is 7.36. The summed E-state index contributed by atoms with van der Waals surface area (Å²) < 4.78 is 11.7. The molecule has 10 rings (SSSR count). The highest BCUT2D eigenvalue weighted by Crippen LogP contribution is 2.51. The molecular weight excluding hydrogens is 548 g/mol. The number of fused-ring (bicyclic) bond motifs is 11. The van der Waals surface area contributed by atoms with Crippen molar-refractivity contribution < 1.29 is 4.74 Å². The Morgan fingerprint density at radius 1 is 0.311 bits per heavy atom. The summed E-state index contributed by atoms with van der Waals surface area (Å²) in [5, 5.41) is 4.88. The van der Waals surface area contributed by atoms with Crippen molar-refractivity contribution in [3.05, 3.63) is 158 Å². The minimum Gasteiger partial charge on any atom is -0.456 e. The van der Waals surface area contributed by atoms with E-state index in [1.54, 1.807) is 0 Å². The fraction of sp³-hybridized carbons (Fsp3) is 0. The molecule has 3 heterocycles. The molecule has 0 spiro atoms. The second-order valence-electron chi connectivity index (χ2n) is 11.8. The van der Waals surface area contributed by atoms with E-state index in [0.29, 0.717) is 0 Å². The summed E-state index contributed by atoms with van der Waals surface area (Å²) in [7, 11) is 0. The topological polar surface area (TPSA) is 19.1 Å². The Labute approximate surface area is 259 Å². The molecule has 3 nitrogen and oxygen atoms in total. The van der Waals surface area contributed by atoms with Crippen LogP contribution >= 0.6 is 0 Å². The van der Waals surface area contributed by atoms with E-state index in [9.17, 15) is 0 Å². The van der Waals surface area contributed by atoms with Gasteiger partial charge in [0.05, 0.1) is 22.1 Å². The summed E-state index contributed by atoms with van der Waals surface area (Å²) in [6.45, 7) is 0. The van der Waals surface area contributed by atoms with Gasteiger partial charge in [-0.1, -0.05) is 97.1 Å². The smallest absolute Gasteiger partial charge is 0.137 e. The van der Waals surface area contributed by atoms with Gasteiger partial charge in [-0.2, -0.15) is 0 Å². The molecule has 0 atom stereocenters. The van der Waals surface area contributed by atoms with Crippen LogP contribution in [0.4, 0.5) is 0 Å². The number of para-hydroxylation sites is 4. The minimum absolute atomic E-state index is 0.857. The molecule has 9 aromatic rings. The summed E-state index contributed by atoms with van der Waals surface area (Å²) in [6, 6.07) is 56.4. The van der Waals surface area contributed by atoms with Gasteiger partial charge >= 0.3 is 0 Å². The first kappa shape index (κ1) is 24.4. The highest BCUT2D eigenvalue weighted by atomic mass is 16.5. The maximum absolute atomic E-state index is 7.05. The van der Waals surface area contributed by atoms with Crippen LogP contribution in [0.5, 0.6) is 11.5 Å². The van der Waals surface area contributed by atoms with Crippen LogP contribution in [0, 0.1) is 0 Å². The van der Waals surface area contributed by atoms with Crippen molar-refractivity contribution in [2.24, 2.45) is 0 Å². The molecule has 0 aliphatic carbocycles. The van der Waals surface area contributed by atoms with Crippen LogP contribution in [0.15, 0.2) is 158 Å². The van der Waals surface area contributed by atoms with E-state index in [2.05, 4.69) is 167 Å². The Balaban J connectivity index is 1.30. The van der Waals surface area contributed by atoms with Gasteiger partial charge in [0.1, 0.15) is 11.5 Å². The first-order chi connectivity index (χ1) is 22.3. The van der Waals surface area contributed by atoms with E-state index in [0.717, 1.165) is 45.0 Å². The number of aromatic nitrogens is 2. The standard InChI is InChI=1S/C42H26N2O/c1-3-13-27(14-4-1)43-37-21-11-9-19-31(37)33-23-35-29-17-7-8-18-30(29)36-24-34-32-20-10-12-22-38(32)44(28-15-5-2-6-16-28)40(34)26-42(36)45-41(35)25-39(33)43/h1-26H. The molecule has 3 heteroatoms. The summed E-state index contributed by atoms with van der Waals surface area (Å²) >= 11 is 0. The number of ether oxygens (including phenoxy) is 1. The summed E-state index contributed by atoms with van der Waals surface area (Å²) in [4.78, 5) is 0. The third-order valence-electron chi connectivity index (χ3n) is 9.30. The number of hydrogen-bond acceptors (Lipinski definition) is 1. The average molecular weight is 575 g/mol. The lowest BCUT2D eigenvalue weighted by molar-refractivity contribution is 0.489. The predicted molar refractivity (Wildman–Crippen MR) is 186 cm³/mol. The number of rotatable bonds is 2. The lowest BCUT2D eigenvalue weighted by Crippen LogP contribution is -1.95. The van der Waals surface area contributed by atoms with E-state index < -0.39 is 0 Å². The van der Waals surface area contributed by atoms with E-state index in [-0.39, 0.29) is 0 Å². The van der Waals surface area contributed by atoms with Gasteiger partial charge in [0.2, 0.25) is 0 Å². The van der Waals surface area contributed by atoms with Gasteiger partial charge in [0, 0.05) is 56.2 Å². The van der Waals surface area contributed by atoms with Crippen molar-refractivity contribution >= 4 is 43.6 Å². The molecular formula is C42H26N2O. The molecule has 210 valence electrons. The van der Waals surface area contributed by atoms with E-state index in [1.807, 2.05) is 0 Å². The Kier molecular flexibility index (Phi) is 5.00. The van der Waals surface area contributed by atoms with E-state index in [4.69, 9.17) is 4.74 Å². The number of nitrogens with zero attached hydrogens (tertiary/aromatic N) is 2. The monoisotopic (exact) mass is 574 g/mol. The van der Waals surface area contributed by atoms with Gasteiger partial charge in [-0.05, 0) is 59.7 Å². The second-order valence-corrected chi connectivity index (χ2v) is 11.8. The van der Waals surface area contributed by atoms with Gasteiger partial charge in [-0.3, -0.25) is 0 Å². The maximum atomic E-state index is 7.05. The van der Waals surface area contributed by atoms with Crippen molar-refractivity contribution in [1.29, 1.82) is 0 Å². The van der Waals surface area contributed by atoms with Crippen molar-refractivity contribution in [3.63, 3.8) is 0 Å². The SMILES string of the molecule is c1ccc(-n2c3ccccc3c3cc4c(cc32)Oc2cc3c(cc2-c2ccccc2-4)c2ccccc2n3-c2ccccc2)cc1. The molecule has 1 aliphatic rings. The molecule has 45 heavy (non-hydrogen) atoms. The highest BCUT2D eigenvalue weighted by molar-refractivity contribution is 6.14. The van der Waals surface area contributed by atoms with E-state index in [1.165, 1.54) is 43.7 Å². The summed E-state index contributed by atoms with van der Waals surface area (Å²) in [5.41, 5.74) is 11.4. The Hall–Kier alpha value is -6.06. The van der Waals surface area contributed by atoms with Crippen LogP contribution in [0.3, 0.4) is 0 Å². The highest BCUT2D eigenvalue weighted by Gasteiger charge is 2.25. The summed E-state index contributed by atoms with van der Waals surface area (Å²) in [6.07, 6.45) is 0. The third-order valence-corrected chi connectivity index (χ3v) is 9.30. The lowest BCUT2D eigenvalue weighted by atomic mass is 9.93. The normalized spacial score (nSPS) is 12.2. The van der Waals surface area contributed by atoms with Gasteiger partial charge in [-0.15, -0.1) is 0 Å². The van der Waals surface area contributed by atoms with Crippen LogP contribution in [-0.2, 0) is 0 Å². The maximum Gasteiger partial charge on any atom is 0.137 e.